The summed E-state index contributed by atoms with van der Waals surface area (Å²) in [4.78, 5) is 31.0. The molecule has 2 aromatic rings. The van der Waals surface area contributed by atoms with Gasteiger partial charge in [-0.1, -0.05) is 35.0 Å². The summed E-state index contributed by atoms with van der Waals surface area (Å²) in [7, 11) is 1.67. The van der Waals surface area contributed by atoms with E-state index in [1.54, 1.807) is 31.3 Å². The van der Waals surface area contributed by atoms with Gasteiger partial charge in [0, 0.05) is 29.2 Å². The molecular weight excluding hydrogens is 417 g/mol. The lowest BCUT2D eigenvalue weighted by atomic mass is 10.2. The van der Waals surface area contributed by atoms with E-state index in [9.17, 15) is 9.59 Å². The fourth-order valence-corrected chi connectivity index (χ4v) is 4.38. The van der Waals surface area contributed by atoms with Crippen LogP contribution in [0, 0.1) is 13.8 Å². The largest absolute Gasteiger partial charge is 0.326 e. The molecule has 1 N–H and O–H groups in total. The van der Waals surface area contributed by atoms with Gasteiger partial charge in [0.2, 0.25) is 11.8 Å². The molecule has 28 heavy (non-hydrogen) atoms. The molecule has 2 aromatic carbocycles. The molecular formula is C20H19Cl2N3O2S. The number of aryl methyl sites for hydroxylation is 2. The number of hydrogen-bond donors (Lipinski definition) is 1. The number of thioether (sulfide) groups is 1. The maximum absolute atomic E-state index is 12.6. The van der Waals surface area contributed by atoms with Gasteiger partial charge in [0.05, 0.1) is 5.69 Å². The van der Waals surface area contributed by atoms with Crippen LogP contribution in [0.4, 0.5) is 11.4 Å². The van der Waals surface area contributed by atoms with E-state index in [0.29, 0.717) is 20.9 Å². The van der Waals surface area contributed by atoms with Gasteiger partial charge in [-0.3, -0.25) is 14.5 Å². The highest BCUT2D eigenvalue weighted by atomic mass is 35.5. The Balaban J connectivity index is 1.70. The summed E-state index contributed by atoms with van der Waals surface area (Å²) in [6.07, 6.45) is 0.0640. The molecule has 146 valence electrons. The lowest BCUT2D eigenvalue weighted by Crippen LogP contribution is -2.30. The Morgan fingerprint density at radius 3 is 2.43 bits per heavy atom. The van der Waals surface area contributed by atoms with Crippen LogP contribution >= 0.6 is 35.0 Å². The third-order valence-electron chi connectivity index (χ3n) is 4.35. The number of halogens is 2. The van der Waals surface area contributed by atoms with Crippen molar-refractivity contribution >= 4 is 63.3 Å². The zero-order chi connectivity index (χ0) is 20.4. The molecule has 1 fully saturated rings. The van der Waals surface area contributed by atoms with E-state index < -0.39 is 5.25 Å². The lowest BCUT2D eigenvalue weighted by molar-refractivity contribution is -0.127. The van der Waals surface area contributed by atoms with E-state index in [1.165, 1.54) is 16.7 Å². The molecule has 0 spiro atoms. The van der Waals surface area contributed by atoms with Crippen LogP contribution in [0.1, 0.15) is 17.5 Å². The Morgan fingerprint density at radius 2 is 1.79 bits per heavy atom. The minimum atomic E-state index is -0.510. The number of amides is 2. The van der Waals surface area contributed by atoms with E-state index in [2.05, 4.69) is 10.3 Å². The zero-order valence-electron chi connectivity index (χ0n) is 15.6. The normalized spacial score (nSPS) is 18.0. The van der Waals surface area contributed by atoms with Crippen LogP contribution in [-0.2, 0) is 9.59 Å². The second-order valence-electron chi connectivity index (χ2n) is 6.54. The number of rotatable bonds is 4. The van der Waals surface area contributed by atoms with Crippen molar-refractivity contribution < 1.29 is 9.59 Å². The number of hydrogen-bond acceptors (Lipinski definition) is 4. The van der Waals surface area contributed by atoms with E-state index in [1.807, 2.05) is 26.0 Å². The topological polar surface area (TPSA) is 61.8 Å². The van der Waals surface area contributed by atoms with E-state index in [0.717, 1.165) is 16.8 Å². The minimum absolute atomic E-state index is 0.0640. The highest BCUT2D eigenvalue weighted by molar-refractivity contribution is 8.15. The maximum Gasteiger partial charge on any atom is 0.242 e. The van der Waals surface area contributed by atoms with Gasteiger partial charge >= 0.3 is 0 Å². The SMILES string of the molecule is Cc1cc(Cl)ccc1N=C1S[C@H](CC(=O)Nc2ccc(Cl)cc2C)C(=O)N1C. The molecule has 1 aliphatic heterocycles. The molecule has 1 atom stereocenters. The quantitative estimate of drug-likeness (QED) is 0.717. The number of benzene rings is 2. The second kappa shape index (κ2) is 8.55. The molecule has 0 radical (unpaired) electrons. The Hall–Kier alpha value is -2.02. The van der Waals surface area contributed by atoms with Crippen molar-refractivity contribution in [2.45, 2.75) is 25.5 Å². The Bertz CT molecular complexity index is 978. The first kappa shape index (κ1) is 20.7. The summed E-state index contributed by atoms with van der Waals surface area (Å²) in [5.74, 6) is -0.369. The molecule has 1 aliphatic rings. The average molecular weight is 436 g/mol. The first-order valence-electron chi connectivity index (χ1n) is 8.59. The third kappa shape index (κ3) is 4.69. The molecule has 0 aromatic heterocycles. The fourth-order valence-electron chi connectivity index (χ4n) is 2.78. The Labute approximate surface area is 178 Å². The van der Waals surface area contributed by atoms with E-state index >= 15 is 0 Å². The van der Waals surface area contributed by atoms with E-state index in [-0.39, 0.29) is 18.2 Å². The van der Waals surface area contributed by atoms with Gasteiger partial charge in [0.15, 0.2) is 5.17 Å². The first-order chi connectivity index (χ1) is 13.2. The first-order valence-corrected chi connectivity index (χ1v) is 10.2. The van der Waals surface area contributed by atoms with Gasteiger partial charge in [0.1, 0.15) is 5.25 Å². The minimum Gasteiger partial charge on any atom is -0.326 e. The molecule has 5 nitrogen and oxygen atoms in total. The second-order valence-corrected chi connectivity index (χ2v) is 8.58. The van der Waals surface area contributed by atoms with Crippen LogP contribution in [0.25, 0.3) is 0 Å². The number of nitrogens with one attached hydrogen (secondary N) is 1. The van der Waals surface area contributed by atoms with Crippen molar-refractivity contribution in [1.82, 2.24) is 4.90 Å². The van der Waals surface area contributed by atoms with Gasteiger partial charge in [-0.2, -0.15) is 0 Å². The van der Waals surface area contributed by atoms with Crippen LogP contribution in [0.2, 0.25) is 10.0 Å². The third-order valence-corrected chi connectivity index (χ3v) is 6.05. The van der Waals surface area contributed by atoms with Gasteiger partial charge in [-0.25, -0.2) is 4.99 Å². The fraction of sp³-hybridized carbons (Fsp3) is 0.250. The summed E-state index contributed by atoms with van der Waals surface area (Å²) in [6, 6.07) is 10.6. The number of nitrogens with zero attached hydrogens (tertiary/aromatic N) is 2. The molecule has 0 unspecified atom stereocenters. The predicted molar refractivity (Wildman–Crippen MR) is 117 cm³/mol. The number of carbonyl (C=O) groups is 2. The van der Waals surface area contributed by atoms with Crippen molar-refractivity contribution in [2.75, 3.05) is 12.4 Å². The monoisotopic (exact) mass is 435 g/mol. The summed E-state index contributed by atoms with van der Waals surface area (Å²) in [5.41, 5.74) is 3.21. The summed E-state index contributed by atoms with van der Waals surface area (Å²) in [6.45, 7) is 3.77. The van der Waals surface area contributed by atoms with Gasteiger partial charge in [-0.15, -0.1) is 0 Å². The van der Waals surface area contributed by atoms with Crippen molar-refractivity contribution in [3.8, 4) is 0 Å². The molecule has 1 saturated heterocycles. The maximum atomic E-state index is 12.6. The van der Waals surface area contributed by atoms with Crippen molar-refractivity contribution in [3.63, 3.8) is 0 Å². The summed E-state index contributed by atoms with van der Waals surface area (Å²) in [5, 5.41) is 4.14. The highest BCUT2D eigenvalue weighted by Gasteiger charge is 2.37. The van der Waals surface area contributed by atoms with Crippen molar-refractivity contribution in [1.29, 1.82) is 0 Å². The lowest BCUT2D eigenvalue weighted by Gasteiger charge is -2.11. The smallest absolute Gasteiger partial charge is 0.242 e. The summed E-state index contributed by atoms with van der Waals surface area (Å²) >= 11 is 13.2. The Morgan fingerprint density at radius 1 is 1.14 bits per heavy atom. The average Bonchev–Trinajstić information content (AvgIpc) is 2.88. The molecule has 1 heterocycles. The zero-order valence-corrected chi connectivity index (χ0v) is 18.0. The molecule has 8 heteroatoms. The van der Waals surface area contributed by atoms with Gasteiger partial charge in [-0.05, 0) is 61.4 Å². The van der Waals surface area contributed by atoms with Gasteiger partial charge in [0.25, 0.3) is 0 Å². The van der Waals surface area contributed by atoms with E-state index in [4.69, 9.17) is 23.2 Å². The predicted octanol–water partition coefficient (Wildman–Crippen LogP) is 5.20. The van der Waals surface area contributed by atoms with Crippen LogP contribution in [0.3, 0.4) is 0 Å². The number of anilines is 1. The number of carbonyl (C=O) groups excluding carboxylic acids is 2. The molecule has 2 amide bonds. The van der Waals surface area contributed by atoms with Gasteiger partial charge < -0.3 is 5.32 Å². The standard InChI is InChI=1S/C20H19Cl2N3O2S/c1-11-8-13(21)4-6-15(11)23-18(26)10-17-19(27)25(3)20(28-17)24-16-7-5-14(22)9-12(16)2/h4-9,17H,10H2,1-3H3,(H,23,26)/t17-/m1/s1. The number of amidine groups is 1. The molecule has 0 aliphatic carbocycles. The van der Waals surface area contributed by atoms with Crippen molar-refractivity contribution in [3.05, 3.63) is 57.6 Å². The van der Waals surface area contributed by atoms with Crippen LogP contribution in [0.5, 0.6) is 0 Å². The molecule has 0 bridgehead atoms. The van der Waals surface area contributed by atoms with Crippen molar-refractivity contribution in [2.24, 2.45) is 4.99 Å². The van der Waals surface area contributed by atoms with Crippen LogP contribution in [-0.4, -0.2) is 34.2 Å². The van der Waals surface area contributed by atoms with Crippen LogP contribution in [0.15, 0.2) is 41.4 Å². The highest BCUT2D eigenvalue weighted by Crippen LogP contribution is 2.32. The molecule has 3 rings (SSSR count). The van der Waals surface area contributed by atoms with Crippen LogP contribution < -0.4 is 5.32 Å². The summed E-state index contributed by atoms with van der Waals surface area (Å²) < 4.78 is 0. The molecule has 0 saturated carbocycles. The Kier molecular flexibility index (Phi) is 6.33. The number of aliphatic imine (C=N–C) groups is 1.